The number of nitrogens with zero attached hydrogens (tertiary/aromatic N) is 3. The van der Waals surface area contributed by atoms with Crippen molar-refractivity contribution in [2.45, 2.75) is 75.8 Å². The van der Waals surface area contributed by atoms with Crippen molar-refractivity contribution in [2.24, 2.45) is 7.05 Å². The van der Waals surface area contributed by atoms with Gasteiger partial charge in [-0.1, -0.05) is 38.3 Å². The molecule has 0 spiro atoms. The number of sulfonamides is 1. The number of hydrogen-bond donors (Lipinski definition) is 1. The van der Waals surface area contributed by atoms with Crippen LogP contribution in [0.4, 0.5) is 0 Å². The fraction of sp³-hybridized carbons (Fsp3) is 0.565. The Hall–Kier alpha value is -2.19. The molecule has 1 aromatic carbocycles. The Kier molecular flexibility index (Phi) is 6.48. The summed E-state index contributed by atoms with van der Waals surface area (Å²) in [6.45, 7) is 2.87. The number of hydrogen-bond acceptors (Lipinski definition) is 4. The van der Waals surface area contributed by atoms with Gasteiger partial charge in [0.15, 0.2) is 0 Å². The summed E-state index contributed by atoms with van der Waals surface area (Å²) in [7, 11) is -1.68. The molecule has 1 aliphatic heterocycles. The van der Waals surface area contributed by atoms with Crippen molar-refractivity contribution < 1.29 is 13.2 Å². The SMILES string of the molecule is CCC(=O)NCc1nc2c(n1C)CN(S(=O)(=O)c1ccc(C3CCCCC3)cc1)CC2. The van der Waals surface area contributed by atoms with Crippen LogP contribution in [-0.2, 0) is 41.4 Å². The van der Waals surface area contributed by atoms with Crippen LogP contribution in [0.15, 0.2) is 29.2 Å². The second-order valence-corrected chi connectivity index (χ2v) is 10.5. The van der Waals surface area contributed by atoms with Gasteiger partial charge in [-0.3, -0.25) is 4.79 Å². The second kappa shape index (κ2) is 9.12. The molecular formula is C23H32N4O3S. The summed E-state index contributed by atoms with van der Waals surface area (Å²) in [5.74, 6) is 1.29. The summed E-state index contributed by atoms with van der Waals surface area (Å²) >= 11 is 0. The Morgan fingerprint density at radius 2 is 1.87 bits per heavy atom. The molecule has 1 fully saturated rings. The summed E-state index contributed by atoms with van der Waals surface area (Å²) in [5, 5.41) is 2.84. The largest absolute Gasteiger partial charge is 0.349 e. The molecular weight excluding hydrogens is 412 g/mol. The molecule has 7 nitrogen and oxygen atoms in total. The predicted octanol–water partition coefficient (Wildman–Crippen LogP) is 3.24. The summed E-state index contributed by atoms with van der Waals surface area (Å²) in [4.78, 5) is 16.6. The van der Waals surface area contributed by atoms with Crippen molar-refractivity contribution >= 4 is 15.9 Å². The number of benzene rings is 1. The van der Waals surface area contributed by atoms with Gasteiger partial charge in [0.2, 0.25) is 15.9 Å². The Labute approximate surface area is 184 Å². The van der Waals surface area contributed by atoms with E-state index in [4.69, 9.17) is 0 Å². The number of carbonyl (C=O) groups is 1. The molecule has 0 bridgehead atoms. The first-order valence-corrected chi connectivity index (χ1v) is 12.7. The molecule has 0 radical (unpaired) electrons. The first kappa shape index (κ1) is 22.0. The second-order valence-electron chi connectivity index (χ2n) is 8.60. The van der Waals surface area contributed by atoms with Gasteiger partial charge in [0.05, 0.1) is 29.4 Å². The fourth-order valence-electron chi connectivity index (χ4n) is 4.68. The van der Waals surface area contributed by atoms with E-state index >= 15 is 0 Å². The Morgan fingerprint density at radius 1 is 1.16 bits per heavy atom. The van der Waals surface area contributed by atoms with Gasteiger partial charge in [0, 0.05) is 26.4 Å². The van der Waals surface area contributed by atoms with E-state index in [1.54, 1.807) is 16.4 Å². The van der Waals surface area contributed by atoms with Crippen molar-refractivity contribution in [3.8, 4) is 0 Å². The lowest BCUT2D eigenvalue weighted by Crippen LogP contribution is -2.36. The minimum absolute atomic E-state index is 0.0261. The predicted molar refractivity (Wildman–Crippen MR) is 119 cm³/mol. The highest BCUT2D eigenvalue weighted by atomic mass is 32.2. The highest BCUT2D eigenvalue weighted by molar-refractivity contribution is 7.89. The van der Waals surface area contributed by atoms with E-state index in [0.717, 1.165) is 17.2 Å². The zero-order chi connectivity index (χ0) is 22.0. The highest BCUT2D eigenvalue weighted by Gasteiger charge is 2.31. The molecule has 1 N–H and O–H groups in total. The Morgan fingerprint density at radius 3 is 2.55 bits per heavy atom. The lowest BCUT2D eigenvalue weighted by Gasteiger charge is -2.27. The molecule has 2 aromatic rings. The van der Waals surface area contributed by atoms with Gasteiger partial charge in [-0.2, -0.15) is 4.31 Å². The molecule has 1 aromatic heterocycles. The lowest BCUT2D eigenvalue weighted by atomic mass is 9.84. The number of fused-ring (bicyclic) bond motifs is 1. The molecule has 2 heterocycles. The molecule has 168 valence electrons. The smallest absolute Gasteiger partial charge is 0.243 e. The maximum Gasteiger partial charge on any atom is 0.243 e. The summed E-state index contributed by atoms with van der Waals surface area (Å²) < 4.78 is 30.1. The number of imidazole rings is 1. The molecule has 2 aliphatic rings. The van der Waals surface area contributed by atoms with E-state index in [2.05, 4.69) is 10.3 Å². The van der Waals surface area contributed by atoms with Crippen LogP contribution in [-0.4, -0.2) is 34.7 Å². The zero-order valence-electron chi connectivity index (χ0n) is 18.4. The van der Waals surface area contributed by atoms with E-state index in [1.807, 2.05) is 30.7 Å². The molecule has 1 aliphatic carbocycles. The van der Waals surface area contributed by atoms with Crippen LogP contribution in [0.1, 0.15) is 74.1 Å². The van der Waals surface area contributed by atoms with Crippen molar-refractivity contribution in [2.75, 3.05) is 6.54 Å². The van der Waals surface area contributed by atoms with Crippen LogP contribution < -0.4 is 5.32 Å². The van der Waals surface area contributed by atoms with Gasteiger partial charge >= 0.3 is 0 Å². The van der Waals surface area contributed by atoms with Gasteiger partial charge in [0.1, 0.15) is 5.82 Å². The van der Waals surface area contributed by atoms with Gasteiger partial charge in [-0.15, -0.1) is 0 Å². The number of aromatic nitrogens is 2. The van der Waals surface area contributed by atoms with E-state index in [1.165, 1.54) is 37.7 Å². The molecule has 0 unspecified atom stereocenters. The van der Waals surface area contributed by atoms with Crippen LogP contribution in [0.2, 0.25) is 0 Å². The van der Waals surface area contributed by atoms with Crippen molar-refractivity contribution in [3.05, 3.63) is 47.0 Å². The van der Waals surface area contributed by atoms with Crippen molar-refractivity contribution in [1.29, 1.82) is 0 Å². The summed E-state index contributed by atoms with van der Waals surface area (Å²) in [5.41, 5.74) is 3.07. The minimum atomic E-state index is -3.57. The minimum Gasteiger partial charge on any atom is -0.349 e. The van der Waals surface area contributed by atoms with Crippen LogP contribution in [0.25, 0.3) is 0 Å². The molecule has 0 saturated heterocycles. The maximum atomic E-state index is 13.3. The lowest BCUT2D eigenvalue weighted by molar-refractivity contribution is -0.120. The van der Waals surface area contributed by atoms with Gasteiger partial charge in [-0.25, -0.2) is 13.4 Å². The quantitative estimate of drug-likeness (QED) is 0.741. The molecule has 31 heavy (non-hydrogen) atoms. The van der Waals surface area contributed by atoms with Crippen LogP contribution in [0.3, 0.4) is 0 Å². The van der Waals surface area contributed by atoms with E-state index in [-0.39, 0.29) is 5.91 Å². The Balaban J connectivity index is 1.49. The van der Waals surface area contributed by atoms with E-state index < -0.39 is 10.0 Å². The highest BCUT2D eigenvalue weighted by Crippen LogP contribution is 2.33. The van der Waals surface area contributed by atoms with Crippen molar-refractivity contribution in [1.82, 2.24) is 19.2 Å². The first-order valence-electron chi connectivity index (χ1n) is 11.3. The average Bonchev–Trinajstić information content (AvgIpc) is 3.13. The maximum absolute atomic E-state index is 13.3. The fourth-order valence-corrected chi connectivity index (χ4v) is 6.08. The summed E-state index contributed by atoms with van der Waals surface area (Å²) in [6, 6.07) is 7.53. The standard InChI is InChI=1S/C23H32N4O3S/c1-3-23(28)24-15-22-25-20-13-14-27(16-21(20)26(22)2)31(29,30)19-11-9-18(10-12-19)17-7-5-4-6-8-17/h9-12,17H,3-8,13-16H2,1-2H3,(H,24,28). The zero-order valence-corrected chi connectivity index (χ0v) is 19.2. The number of rotatable bonds is 6. The van der Waals surface area contributed by atoms with E-state index in [9.17, 15) is 13.2 Å². The monoisotopic (exact) mass is 444 g/mol. The Bertz CT molecular complexity index is 1040. The van der Waals surface area contributed by atoms with Crippen LogP contribution in [0, 0.1) is 0 Å². The van der Waals surface area contributed by atoms with Gasteiger partial charge in [-0.05, 0) is 36.5 Å². The van der Waals surface area contributed by atoms with Crippen LogP contribution in [0.5, 0.6) is 0 Å². The molecule has 8 heteroatoms. The third-order valence-corrected chi connectivity index (χ3v) is 8.53. The van der Waals surface area contributed by atoms with Crippen LogP contribution >= 0.6 is 0 Å². The average molecular weight is 445 g/mol. The van der Waals surface area contributed by atoms with Crippen molar-refractivity contribution in [3.63, 3.8) is 0 Å². The third-order valence-electron chi connectivity index (χ3n) is 6.67. The number of nitrogens with one attached hydrogen (secondary N) is 1. The molecule has 1 saturated carbocycles. The van der Waals surface area contributed by atoms with Gasteiger partial charge < -0.3 is 9.88 Å². The van der Waals surface area contributed by atoms with E-state index in [0.29, 0.717) is 43.3 Å². The molecule has 1 amide bonds. The normalized spacial score (nSPS) is 18.0. The summed E-state index contributed by atoms with van der Waals surface area (Å²) in [6.07, 6.45) is 7.22. The van der Waals surface area contributed by atoms with Gasteiger partial charge in [0.25, 0.3) is 0 Å². The topological polar surface area (TPSA) is 84.3 Å². The first-order chi connectivity index (χ1) is 14.9. The third kappa shape index (κ3) is 4.55. The number of carbonyl (C=O) groups excluding carboxylic acids is 1. The number of amides is 1. The molecule has 4 rings (SSSR count). The molecule has 0 atom stereocenters.